The van der Waals surface area contributed by atoms with Gasteiger partial charge in [0.1, 0.15) is 10.0 Å². The van der Waals surface area contributed by atoms with Gasteiger partial charge in [-0.15, -0.1) is 0 Å². The van der Waals surface area contributed by atoms with E-state index >= 15 is 0 Å². The van der Waals surface area contributed by atoms with Crippen molar-refractivity contribution in [1.29, 1.82) is 0 Å². The van der Waals surface area contributed by atoms with E-state index in [4.69, 9.17) is 62.7 Å². The fourth-order valence-corrected chi connectivity index (χ4v) is 2.45. The Morgan fingerprint density at radius 2 is 1.45 bits per heavy atom. The largest absolute Gasteiger partial charge is 0.481 e. The summed E-state index contributed by atoms with van der Waals surface area (Å²) in [4.78, 5) is 11.6. The van der Waals surface area contributed by atoms with Crippen LogP contribution >= 0.6 is 58.0 Å². The minimum atomic E-state index is -0.298. The molecule has 0 aliphatic rings. The zero-order valence-electron chi connectivity index (χ0n) is 10.7. The zero-order chi connectivity index (χ0) is 15.4. The van der Waals surface area contributed by atoms with E-state index < -0.39 is 0 Å². The Kier molecular flexibility index (Phi) is 7.02. The van der Waals surface area contributed by atoms with Crippen LogP contribution in [0.2, 0.25) is 25.1 Å². The molecule has 0 fully saturated rings. The van der Waals surface area contributed by atoms with E-state index in [1.165, 1.54) is 0 Å². The molecule has 0 aromatic heterocycles. The van der Waals surface area contributed by atoms with Crippen LogP contribution in [0.25, 0.3) is 0 Å². The Labute approximate surface area is 142 Å². The summed E-state index contributed by atoms with van der Waals surface area (Å²) in [6.45, 7) is 4.26. The second kappa shape index (κ2) is 7.81. The fraction of sp³-hybridized carbons (Fsp3) is 0.417. The van der Waals surface area contributed by atoms with Crippen molar-refractivity contribution < 1.29 is 9.53 Å². The van der Waals surface area contributed by atoms with Gasteiger partial charge in [-0.3, -0.25) is 4.79 Å². The summed E-state index contributed by atoms with van der Waals surface area (Å²) in [5.41, 5.74) is 0. The summed E-state index contributed by atoms with van der Waals surface area (Å²) < 4.78 is 5.27. The Morgan fingerprint density at radius 1 is 1.00 bits per heavy atom. The van der Waals surface area contributed by atoms with Crippen molar-refractivity contribution in [3.8, 4) is 5.75 Å². The molecule has 20 heavy (non-hydrogen) atoms. The van der Waals surface area contributed by atoms with Gasteiger partial charge in [-0.05, 0) is 5.92 Å². The molecule has 0 atom stereocenters. The molecular weight excluding hydrogens is 367 g/mol. The third-order valence-electron chi connectivity index (χ3n) is 2.22. The molecule has 0 heterocycles. The van der Waals surface area contributed by atoms with Crippen molar-refractivity contribution in [3.05, 3.63) is 25.1 Å². The summed E-state index contributed by atoms with van der Waals surface area (Å²) in [6.07, 6.45) is 0. The van der Waals surface area contributed by atoms with Crippen molar-refractivity contribution in [2.75, 3.05) is 13.2 Å². The molecule has 1 aromatic carbocycles. The van der Waals surface area contributed by atoms with Crippen LogP contribution in [-0.2, 0) is 4.79 Å². The van der Waals surface area contributed by atoms with Crippen LogP contribution in [0.3, 0.4) is 0 Å². The zero-order valence-corrected chi connectivity index (χ0v) is 14.5. The third kappa shape index (κ3) is 4.47. The molecule has 0 bridgehead atoms. The molecule has 1 N–H and O–H groups in total. The molecule has 0 unspecified atom stereocenters. The van der Waals surface area contributed by atoms with Crippen LogP contribution in [0.1, 0.15) is 13.8 Å². The highest BCUT2D eigenvalue weighted by Gasteiger charge is 2.21. The Balaban J connectivity index is 2.81. The molecule has 0 radical (unpaired) electrons. The molecule has 112 valence electrons. The second-order valence-electron chi connectivity index (χ2n) is 4.39. The topological polar surface area (TPSA) is 38.3 Å². The Morgan fingerprint density at radius 3 is 1.90 bits per heavy atom. The molecule has 8 heteroatoms. The normalized spacial score (nSPS) is 10.8. The van der Waals surface area contributed by atoms with Crippen LogP contribution < -0.4 is 10.1 Å². The smallest absolute Gasteiger partial charge is 0.257 e. The van der Waals surface area contributed by atoms with Gasteiger partial charge in [0.05, 0.1) is 15.1 Å². The summed E-state index contributed by atoms with van der Waals surface area (Å²) in [6, 6.07) is 0. The monoisotopic (exact) mass is 377 g/mol. The number of hydrogen-bond donors (Lipinski definition) is 1. The van der Waals surface area contributed by atoms with E-state index in [0.29, 0.717) is 12.5 Å². The lowest BCUT2D eigenvalue weighted by atomic mass is 10.2. The van der Waals surface area contributed by atoms with Crippen molar-refractivity contribution in [2.24, 2.45) is 5.92 Å². The summed E-state index contributed by atoms with van der Waals surface area (Å²) in [5.74, 6) is 0.0750. The fourth-order valence-electron chi connectivity index (χ4n) is 1.22. The Bertz CT molecular complexity index is 490. The minimum Gasteiger partial charge on any atom is -0.481 e. The van der Waals surface area contributed by atoms with Gasteiger partial charge >= 0.3 is 0 Å². The highest BCUT2D eigenvalue weighted by atomic mass is 35.5. The lowest BCUT2D eigenvalue weighted by molar-refractivity contribution is -0.123. The molecule has 0 saturated heterocycles. The first-order chi connectivity index (χ1) is 9.25. The summed E-state index contributed by atoms with van der Waals surface area (Å²) in [5, 5.41) is 2.82. The third-order valence-corrected chi connectivity index (χ3v) is 4.47. The highest BCUT2D eigenvalue weighted by Crippen LogP contribution is 2.48. The molecule has 1 amide bonds. The van der Waals surface area contributed by atoms with Gasteiger partial charge in [0.25, 0.3) is 5.91 Å². The number of hydrogen-bond acceptors (Lipinski definition) is 2. The maximum atomic E-state index is 11.6. The number of amides is 1. The van der Waals surface area contributed by atoms with Gasteiger partial charge in [-0.1, -0.05) is 71.9 Å². The number of benzene rings is 1. The lowest BCUT2D eigenvalue weighted by Crippen LogP contribution is -2.31. The van der Waals surface area contributed by atoms with Gasteiger partial charge < -0.3 is 10.1 Å². The maximum Gasteiger partial charge on any atom is 0.257 e. The predicted molar refractivity (Wildman–Crippen MR) is 84.8 cm³/mol. The standard InChI is InChI=1S/C12H12Cl5NO2/c1-5(2)3-18-6(19)4-20-12-10(16)8(14)7(13)9(15)11(12)17/h5H,3-4H2,1-2H3,(H,18,19). The first-order valence-electron chi connectivity index (χ1n) is 5.66. The van der Waals surface area contributed by atoms with Crippen LogP contribution in [0.15, 0.2) is 0 Å². The van der Waals surface area contributed by atoms with Gasteiger partial charge in [-0.2, -0.15) is 0 Å². The number of halogens is 5. The van der Waals surface area contributed by atoms with Crippen molar-refractivity contribution in [3.63, 3.8) is 0 Å². The van der Waals surface area contributed by atoms with Crippen molar-refractivity contribution in [2.45, 2.75) is 13.8 Å². The molecule has 1 aromatic rings. The van der Waals surface area contributed by atoms with Crippen LogP contribution in [0, 0.1) is 5.92 Å². The van der Waals surface area contributed by atoms with E-state index in [9.17, 15) is 4.79 Å². The number of ether oxygens (including phenoxy) is 1. The SMILES string of the molecule is CC(C)CNC(=O)COc1c(Cl)c(Cl)c(Cl)c(Cl)c1Cl. The predicted octanol–water partition coefficient (Wildman–Crippen LogP) is 5.10. The van der Waals surface area contributed by atoms with E-state index in [1.54, 1.807) is 0 Å². The number of carbonyl (C=O) groups is 1. The highest BCUT2D eigenvalue weighted by molar-refractivity contribution is 6.55. The van der Waals surface area contributed by atoms with E-state index in [0.717, 1.165) is 0 Å². The van der Waals surface area contributed by atoms with Gasteiger partial charge in [0, 0.05) is 6.54 Å². The molecule has 3 nitrogen and oxygen atoms in total. The van der Waals surface area contributed by atoms with E-state index in [-0.39, 0.29) is 43.4 Å². The molecule has 0 aliphatic carbocycles. The van der Waals surface area contributed by atoms with Gasteiger partial charge in [-0.25, -0.2) is 0 Å². The summed E-state index contributed by atoms with van der Waals surface area (Å²) in [7, 11) is 0. The molecular formula is C12H12Cl5NO2. The Hall–Kier alpha value is -0.0600. The first kappa shape index (κ1) is 18.0. The summed E-state index contributed by atoms with van der Waals surface area (Å²) >= 11 is 29.6. The second-order valence-corrected chi connectivity index (χ2v) is 6.28. The average molecular weight is 379 g/mol. The number of carbonyl (C=O) groups excluding carboxylic acids is 1. The lowest BCUT2D eigenvalue weighted by Gasteiger charge is -2.14. The molecule has 1 rings (SSSR count). The average Bonchev–Trinajstić information content (AvgIpc) is 2.40. The van der Waals surface area contributed by atoms with Gasteiger partial charge in [0.15, 0.2) is 12.4 Å². The van der Waals surface area contributed by atoms with E-state index in [2.05, 4.69) is 5.32 Å². The maximum absolute atomic E-state index is 11.6. The van der Waals surface area contributed by atoms with Crippen molar-refractivity contribution in [1.82, 2.24) is 5.32 Å². The van der Waals surface area contributed by atoms with Crippen LogP contribution in [0.5, 0.6) is 5.75 Å². The number of rotatable bonds is 5. The van der Waals surface area contributed by atoms with E-state index in [1.807, 2.05) is 13.8 Å². The molecule has 0 saturated carbocycles. The molecule has 0 aliphatic heterocycles. The quantitative estimate of drug-likeness (QED) is 0.571. The number of nitrogens with one attached hydrogen (secondary N) is 1. The van der Waals surface area contributed by atoms with Crippen LogP contribution in [-0.4, -0.2) is 19.1 Å². The first-order valence-corrected chi connectivity index (χ1v) is 7.55. The minimum absolute atomic E-state index is 0.0164. The van der Waals surface area contributed by atoms with Crippen molar-refractivity contribution >= 4 is 63.9 Å². The van der Waals surface area contributed by atoms with Gasteiger partial charge in [0.2, 0.25) is 0 Å². The molecule has 0 spiro atoms. The van der Waals surface area contributed by atoms with Crippen LogP contribution in [0.4, 0.5) is 0 Å².